The minimum atomic E-state index is -0.353. The van der Waals surface area contributed by atoms with Gasteiger partial charge in [0.25, 0.3) is 5.56 Å². The number of carbonyl (C=O) groups excluding carboxylic acids is 1. The Hall–Kier alpha value is -2.44. The molecule has 1 atom stereocenters. The summed E-state index contributed by atoms with van der Waals surface area (Å²) in [5, 5.41) is 0.802. The van der Waals surface area contributed by atoms with E-state index in [4.69, 9.17) is 4.74 Å². The number of ether oxygens (including phenoxy) is 1. The number of fused-ring (bicyclic) bond motifs is 1. The minimum absolute atomic E-state index is 0.0221. The van der Waals surface area contributed by atoms with Gasteiger partial charge in [-0.15, -0.1) is 0 Å². The molecule has 1 aromatic heterocycles. The molecule has 0 spiro atoms. The molecule has 3 aromatic rings. The molecule has 0 aliphatic heterocycles. The van der Waals surface area contributed by atoms with E-state index in [0.717, 1.165) is 0 Å². The summed E-state index contributed by atoms with van der Waals surface area (Å²) in [6, 6.07) is 16.5. The Morgan fingerprint density at radius 3 is 2.61 bits per heavy atom. The lowest BCUT2D eigenvalue weighted by atomic mass is 10.1. The molecule has 0 aliphatic rings. The molecule has 1 heterocycles. The largest absolute Gasteiger partial charge is 0.382 e. The third-order valence-electron chi connectivity index (χ3n) is 4.41. The van der Waals surface area contributed by atoms with Gasteiger partial charge in [0.2, 0.25) is 0 Å². The Balaban J connectivity index is 1.91. The van der Waals surface area contributed by atoms with Crippen molar-refractivity contribution in [2.75, 3.05) is 13.2 Å². The second-order valence-electron chi connectivity index (χ2n) is 6.41. The van der Waals surface area contributed by atoms with E-state index in [9.17, 15) is 9.59 Å². The van der Waals surface area contributed by atoms with E-state index in [2.05, 4.69) is 4.98 Å². The Bertz CT molecular complexity index is 1000. The normalized spacial score (nSPS) is 12.2. The van der Waals surface area contributed by atoms with Crippen LogP contribution in [0.15, 0.2) is 64.5 Å². The number of nitrogens with zero attached hydrogens (tertiary/aromatic N) is 2. The molecule has 146 valence electrons. The number of aromatic nitrogens is 2. The third-order valence-corrected chi connectivity index (χ3v) is 5.50. The summed E-state index contributed by atoms with van der Waals surface area (Å²) in [4.78, 5) is 30.5. The van der Waals surface area contributed by atoms with Crippen LogP contribution in [0.1, 0.15) is 30.6 Å². The van der Waals surface area contributed by atoms with Crippen LogP contribution >= 0.6 is 11.8 Å². The highest BCUT2D eigenvalue weighted by molar-refractivity contribution is 8.00. The van der Waals surface area contributed by atoms with Crippen molar-refractivity contribution in [3.05, 3.63) is 70.5 Å². The van der Waals surface area contributed by atoms with Gasteiger partial charge in [0, 0.05) is 25.3 Å². The molecule has 0 fully saturated rings. The zero-order valence-electron chi connectivity index (χ0n) is 16.1. The van der Waals surface area contributed by atoms with Crippen LogP contribution in [0.2, 0.25) is 0 Å². The number of hydrogen-bond donors (Lipinski definition) is 0. The zero-order valence-corrected chi connectivity index (χ0v) is 16.9. The fourth-order valence-electron chi connectivity index (χ4n) is 2.95. The second kappa shape index (κ2) is 9.66. The number of rotatable bonds is 9. The topological polar surface area (TPSA) is 61.2 Å². The Kier molecular flexibility index (Phi) is 7.01. The summed E-state index contributed by atoms with van der Waals surface area (Å²) in [7, 11) is 0. The van der Waals surface area contributed by atoms with Crippen LogP contribution in [-0.2, 0) is 11.3 Å². The van der Waals surface area contributed by atoms with Crippen LogP contribution in [-0.4, -0.2) is 33.8 Å². The lowest BCUT2D eigenvalue weighted by molar-refractivity contribution is 0.0993. The van der Waals surface area contributed by atoms with E-state index in [1.807, 2.05) is 62.4 Å². The van der Waals surface area contributed by atoms with E-state index in [1.165, 1.54) is 11.8 Å². The molecule has 0 saturated carbocycles. The summed E-state index contributed by atoms with van der Waals surface area (Å²) in [5.41, 5.74) is 1.23. The first-order valence-electron chi connectivity index (χ1n) is 9.45. The first kappa shape index (κ1) is 20.3. The molecule has 0 N–H and O–H groups in total. The van der Waals surface area contributed by atoms with Gasteiger partial charge >= 0.3 is 0 Å². The fraction of sp³-hybridized carbons (Fsp3) is 0.318. The predicted molar refractivity (Wildman–Crippen MR) is 113 cm³/mol. The number of Topliss-reactive ketones (excluding diaryl/α,β-unsaturated/α-hetero) is 1. The van der Waals surface area contributed by atoms with Gasteiger partial charge in [0.05, 0.1) is 16.2 Å². The fourth-order valence-corrected chi connectivity index (χ4v) is 3.96. The van der Waals surface area contributed by atoms with E-state index in [1.54, 1.807) is 10.6 Å². The lowest BCUT2D eigenvalue weighted by Crippen LogP contribution is -2.25. The number of benzene rings is 2. The van der Waals surface area contributed by atoms with Crippen LogP contribution < -0.4 is 5.56 Å². The Morgan fingerprint density at radius 2 is 1.86 bits per heavy atom. The van der Waals surface area contributed by atoms with Crippen molar-refractivity contribution in [2.45, 2.75) is 37.2 Å². The lowest BCUT2D eigenvalue weighted by Gasteiger charge is -2.16. The van der Waals surface area contributed by atoms with Gasteiger partial charge in [-0.3, -0.25) is 14.2 Å². The van der Waals surface area contributed by atoms with Crippen molar-refractivity contribution < 1.29 is 9.53 Å². The second-order valence-corrected chi connectivity index (χ2v) is 7.72. The van der Waals surface area contributed by atoms with Crippen LogP contribution in [0.5, 0.6) is 0 Å². The molecule has 28 heavy (non-hydrogen) atoms. The van der Waals surface area contributed by atoms with Crippen molar-refractivity contribution in [1.82, 2.24) is 9.55 Å². The highest BCUT2D eigenvalue weighted by Gasteiger charge is 2.20. The van der Waals surface area contributed by atoms with E-state index >= 15 is 0 Å². The summed E-state index contributed by atoms with van der Waals surface area (Å²) in [6.45, 7) is 5.53. The third kappa shape index (κ3) is 4.69. The standard InChI is InChI=1S/C22H24N2O3S/c1-3-27-15-9-14-24-21(26)18-12-7-8-13-19(18)23-22(24)28-16(2)20(25)17-10-5-4-6-11-17/h4-8,10-13,16H,3,9,14-15H2,1-2H3. The van der Waals surface area contributed by atoms with Gasteiger partial charge in [-0.1, -0.05) is 54.2 Å². The Labute approximate surface area is 168 Å². The highest BCUT2D eigenvalue weighted by Crippen LogP contribution is 2.25. The van der Waals surface area contributed by atoms with Gasteiger partial charge in [0.15, 0.2) is 10.9 Å². The quantitative estimate of drug-likeness (QED) is 0.235. The van der Waals surface area contributed by atoms with E-state index in [0.29, 0.717) is 47.8 Å². The van der Waals surface area contributed by atoms with Crippen molar-refractivity contribution in [2.24, 2.45) is 0 Å². The van der Waals surface area contributed by atoms with Gasteiger partial charge in [0.1, 0.15) is 0 Å². The summed E-state index contributed by atoms with van der Waals surface area (Å²) < 4.78 is 7.07. The maximum atomic E-state index is 13.0. The number of ketones is 1. The summed E-state index contributed by atoms with van der Waals surface area (Å²) in [5.74, 6) is 0.0221. The van der Waals surface area contributed by atoms with Gasteiger partial charge in [-0.05, 0) is 32.4 Å². The monoisotopic (exact) mass is 396 g/mol. The maximum Gasteiger partial charge on any atom is 0.262 e. The van der Waals surface area contributed by atoms with E-state index in [-0.39, 0.29) is 16.6 Å². The molecule has 0 radical (unpaired) electrons. The SMILES string of the molecule is CCOCCCn1c(SC(C)C(=O)c2ccccc2)nc2ccccc2c1=O. The van der Waals surface area contributed by atoms with Crippen molar-refractivity contribution in [3.8, 4) is 0 Å². The van der Waals surface area contributed by atoms with Gasteiger partial charge < -0.3 is 4.74 Å². The molecular formula is C22H24N2O3S. The van der Waals surface area contributed by atoms with Crippen molar-refractivity contribution in [1.29, 1.82) is 0 Å². The molecule has 6 heteroatoms. The van der Waals surface area contributed by atoms with Gasteiger partial charge in [-0.2, -0.15) is 0 Å². The predicted octanol–water partition coefficient (Wildman–Crippen LogP) is 4.19. The van der Waals surface area contributed by atoms with Gasteiger partial charge in [-0.25, -0.2) is 4.98 Å². The molecular weight excluding hydrogens is 372 g/mol. The number of carbonyl (C=O) groups is 1. The molecule has 0 aliphatic carbocycles. The first-order valence-corrected chi connectivity index (χ1v) is 10.3. The average molecular weight is 397 g/mol. The van der Waals surface area contributed by atoms with Crippen molar-refractivity contribution >= 4 is 28.4 Å². The van der Waals surface area contributed by atoms with Crippen LogP contribution in [0.25, 0.3) is 10.9 Å². The van der Waals surface area contributed by atoms with E-state index < -0.39 is 0 Å². The van der Waals surface area contributed by atoms with Crippen molar-refractivity contribution in [3.63, 3.8) is 0 Å². The summed E-state index contributed by atoms with van der Waals surface area (Å²) >= 11 is 1.33. The molecule has 0 saturated heterocycles. The minimum Gasteiger partial charge on any atom is -0.382 e. The molecule has 3 rings (SSSR count). The average Bonchev–Trinajstić information content (AvgIpc) is 2.73. The first-order chi connectivity index (χ1) is 13.6. The molecule has 0 amide bonds. The maximum absolute atomic E-state index is 13.0. The molecule has 1 unspecified atom stereocenters. The molecule has 2 aromatic carbocycles. The molecule has 5 nitrogen and oxygen atoms in total. The van der Waals surface area contributed by atoms with Crippen LogP contribution in [0.4, 0.5) is 0 Å². The van der Waals surface area contributed by atoms with Crippen LogP contribution in [0, 0.1) is 0 Å². The number of para-hydroxylation sites is 1. The zero-order chi connectivity index (χ0) is 19.9. The summed E-state index contributed by atoms with van der Waals surface area (Å²) in [6.07, 6.45) is 0.711. The number of hydrogen-bond acceptors (Lipinski definition) is 5. The smallest absolute Gasteiger partial charge is 0.262 e. The van der Waals surface area contributed by atoms with Crippen LogP contribution in [0.3, 0.4) is 0 Å². The molecule has 0 bridgehead atoms. The number of thioether (sulfide) groups is 1. The highest BCUT2D eigenvalue weighted by atomic mass is 32.2. The Morgan fingerprint density at radius 1 is 1.14 bits per heavy atom.